The zero-order valence-electron chi connectivity index (χ0n) is 6.38. The molecule has 2 heteroatoms. The maximum atomic E-state index is 9.23. The summed E-state index contributed by atoms with van der Waals surface area (Å²) < 4.78 is 0. The van der Waals surface area contributed by atoms with Gasteiger partial charge in [0.25, 0.3) is 0 Å². The van der Waals surface area contributed by atoms with Gasteiger partial charge in [-0.25, -0.2) is 0 Å². The van der Waals surface area contributed by atoms with E-state index >= 15 is 0 Å². The van der Waals surface area contributed by atoms with Crippen LogP contribution < -0.4 is 0 Å². The Balaban J connectivity index is 3.56. The van der Waals surface area contributed by atoms with Crippen LogP contribution in [-0.4, -0.2) is 22.4 Å². The number of aliphatic hydroxyl groups is 2. The van der Waals surface area contributed by atoms with Crippen LogP contribution in [0.5, 0.6) is 0 Å². The largest absolute Gasteiger partial charge is 0.393 e. The van der Waals surface area contributed by atoms with Gasteiger partial charge in [-0.2, -0.15) is 0 Å². The molecule has 0 aliphatic carbocycles. The molecule has 1 unspecified atom stereocenters. The first-order valence-electron chi connectivity index (χ1n) is 3.40. The lowest BCUT2D eigenvalue weighted by Crippen LogP contribution is -2.27. The lowest BCUT2D eigenvalue weighted by atomic mass is 10.0. The molecule has 0 spiro atoms. The lowest BCUT2D eigenvalue weighted by Gasteiger charge is -2.17. The van der Waals surface area contributed by atoms with E-state index in [0.717, 1.165) is 6.42 Å². The monoisotopic (exact) mass is 143 g/mol. The zero-order valence-corrected chi connectivity index (χ0v) is 6.38. The predicted molar refractivity (Wildman–Crippen MR) is 41.4 cm³/mol. The Labute approximate surface area is 62.2 Å². The summed E-state index contributed by atoms with van der Waals surface area (Å²) in [6.07, 6.45) is 4.90. The molecule has 59 valence electrons. The van der Waals surface area contributed by atoms with Crippen LogP contribution in [0.4, 0.5) is 0 Å². The Bertz CT molecular complexity index is 106. The van der Waals surface area contributed by atoms with E-state index in [2.05, 4.69) is 6.92 Å². The molecule has 0 rings (SSSR count). The standard InChI is InChI=1S/C8H15O2/c1-3-4-5-6-8(2,10)7-9/h4-5,9-10H,1,3,6-7H2,2H3. The average molecular weight is 143 g/mol. The van der Waals surface area contributed by atoms with Gasteiger partial charge in [0.1, 0.15) is 0 Å². The van der Waals surface area contributed by atoms with Gasteiger partial charge in [-0.3, -0.25) is 0 Å². The minimum atomic E-state index is -0.967. The molecular weight excluding hydrogens is 128 g/mol. The van der Waals surface area contributed by atoms with Gasteiger partial charge in [-0.15, -0.1) is 0 Å². The summed E-state index contributed by atoms with van der Waals surface area (Å²) in [4.78, 5) is 0. The molecule has 1 atom stereocenters. The summed E-state index contributed by atoms with van der Waals surface area (Å²) >= 11 is 0. The number of hydrogen-bond acceptors (Lipinski definition) is 2. The average Bonchev–Trinajstić information content (AvgIpc) is 1.89. The highest BCUT2D eigenvalue weighted by atomic mass is 16.3. The third-order valence-corrected chi connectivity index (χ3v) is 1.23. The summed E-state index contributed by atoms with van der Waals surface area (Å²) in [6, 6.07) is 0. The van der Waals surface area contributed by atoms with Gasteiger partial charge < -0.3 is 10.2 Å². The maximum Gasteiger partial charge on any atom is 0.0883 e. The van der Waals surface area contributed by atoms with Crippen molar-refractivity contribution in [3.8, 4) is 0 Å². The van der Waals surface area contributed by atoms with Gasteiger partial charge in [0.2, 0.25) is 0 Å². The summed E-state index contributed by atoms with van der Waals surface area (Å²) in [6.45, 7) is 5.00. The molecule has 1 radical (unpaired) electrons. The van der Waals surface area contributed by atoms with Crippen molar-refractivity contribution in [2.75, 3.05) is 6.61 Å². The van der Waals surface area contributed by atoms with Crippen molar-refractivity contribution < 1.29 is 10.2 Å². The van der Waals surface area contributed by atoms with Crippen molar-refractivity contribution in [3.63, 3.8) is 0 Å². The van der Waals surface area contributed by atoms with Gasteiger partial charge in [0.15, 0.2) is 0 Å². The van der Waals surface area contributed by atoms with Crippen molar-refractivity contribution >= 4 is 0 Å². The predicted octanol–water partition coefficient (Wildman–Crippen LogP) is 0.900. The molecule has 10 heavy (non-hydrogen) atoms. The van der Waals surface area contributed by atoms with E-state index in [1.165, 1.54) is 0 Å². The van der Waals surface area contributed by atoms with Crippen LogP contribution in [0.25, 0.3) is 0 Å². The molecule has 0 aromatic carbocycles. The highest BCUT2D eigenvalue weighted by Crippen LogP contribution is 2.08. The second-order valence-corrected chi connectivity index (χ2v) is 2.62. The van der Waals surface area contributed by atoms with Crippen LogP contribution in [0.2, 0.25) is 0 Å². The summed E-state index contributed by atoms with van der Waals surface area (Å²) in [5, 5.41) is 17.8. The van der Waals surface area contributed by atoms with E-state index in [-0.39, 0.29) is 6.61 Å². The van der Waals surface area contributed by atoms with Crippen LogP contribution in [0, 0.1) is 6.92 Å². The van der Waals surface area contributed by atoms with Crippen molar-refractivity contribution in [2.24, 2.45) is 0 Å². The quantitative estimate of drug-likeness (QED) is 0.574. The molecule has 0 amide bonds. The fourth-order valence-corrected chi connectivity index (χ4v) is 0.520. The highest BCUT2D eigenvalue weighted by molar-refractivity contribution is 4.89. The smallest absolute Gasteiger partial charge is 0.0883 e. The van der Waals surface area contributed by atoms with Crippen LogP contribution in [0.15, 0.2) is 12.2 Å². The number of rotatable bonds is 4. The molecule has 2 nitrogen and oxygen atoms in total. The summed E-state index contributed by atoms with van der Waals surface area (Å²) in [5.41, 5.74) is -0.967. The lowest BCUT2D eigenvalue weighted by molar-refractivity contribution is 0.00449. The minimum absolute atomic E-state index is 0.200. The van der Waals surface area contributed by atoms with E-state index < -0.39 is 5.60 Å². The van der Waals surface area contributed by atoms with Crippen LogP contribution in [0.3, 0.4) is 0 Å². The second kappa shape index (κ2) is 4.47. The van der Waals surface area contributed by atoms with E-state index in [0.29, 0.717) is 6.42 Å². The Morgan fingerprint density at radius 1 is 1.50 bits per heavy atom. The summed E-state index contributed by atoms with van der Waals surface area (Å²) in [7, 11) is 0. The van der Waals surface area contributed by atoms with Gasteiger partial charge >= 0.3 is 0 Å². The molecular formula is C8H15O2. The first kappa shape index (κ1) is 9.66. The number of hydrogen-bond donors (Lipinski definition) is 2. The minimum Gasteiger partial charge on any atom is -0.393 e. The Kier molecular flexibility index (Phi) is 4.32. The molecule has 0 bridgehead atoms. The molecule has 0 aromatic heterocycles. The Morgan fingerprint density at radius 2 is 2.10 bits per heavy atom. The molecule has 0 saturated carbocycles. The molecule has 0 fully saturated rings. The zero-order chi connectivity index (χ0) is 8.04. The maximum absolute atomic E-state index is 9.23. The highest BCUT2D eigenvalue weighted by Gasteiger charge is 2.15. The third kappa shape index (κ3) is 4.53. The number of allylic oxidation sites excluding steroid dienone is 1. The summed E-state index contributed by atoms with van der Waals surface area (Å²) in [5.74, 6) is 0. The molecule has 0 aliphatic rings. The Hall–Kier alpha value is -0.340. The van der Waals surface area contributed by atoms with Gasteiger partial charge in [0.05, 0.1) is 12.2 Å². The molecule has 0 aliphatic heterocycles. The van der Waals surface area contributed by atoms with Crippen molar-refractivity contribution in [1.82, 2.24) is 0 Å². The third-order valence-electron chi connectivity index (χ3n) is 1.23. The van der Waals surface area contributed by atoms with Crippen molar-refractivity contribution in [2.45, 2.75) is 25.4 Å². The van der Waals surface area contributed by atoms with E-state index in [1.807, 2.05) is 12.2 Å². The first-order valence-corrected chi connectivity index (χ1v) is 3.40. The van der Waals surface area contributed by atoms with Crippen LogP contribution in [-0.2, 0) is 0 Å². The van der Waals surface area contributed by atoms with Gasteiger partial charge in [-0.05, 0) is 26.7 Å². The van der Waals surface area contributed by atoms with Crippen LogP contribution in [0.1, 0.15) is 19.8 Å². The van der Waals surface area contributed by atoms with Crippen molar-refractivity contribution in [1.29, 1.82) is 0 Å². The van der Waals surface area contributed by atoms with Crippen LogP contribution >= 0.6 is 0 Å². The van der Waals surface area contributed by atoms with E-state index in [9.17, 15) is 5.11 Å². The molecule has 2 N–H and O–H groups in total. The fourth-order valence-electron chi connectivity index (χ4n) is 0.520. The van der Waals surface area contributed by atoms with Crippen molar-refractivity contribution in [3.05, 3.63) is 19.1 Å². The van der Waals surface area contributed by atoms with E-state index in [4.69, 9.17) is 5.11 Å². The van der Waals surface area contributed by atoms with Gasteiger partial charge in [0, 0.05) is 0 Å². The van der Waals surface area contributed by atoms with Gasteiger partial charge in [-0.1, -0.05) is 12.2 Å². The topological polar surface area (TPSA) is 40.5 Å². The molecule has 0 saturated heterocycles. The molecule has 0 aromatic rings. The Morgan fingerprint density at radius 3 is 2.50 bits per heavy atom. The van der Waals surface area contributed by atoms with E-state index in [1.54, 1.807) is 6.92 Å². The second-order valence-electron chi connectivity index (χ2n) is 2.62. The first-order chi connectivity index (χ1) is 4.62. The molecule has 0 heterocycles. The SMILES string of the molecule is [CH2]CC=CCC(C)(O)CO. The normalized spacial score (nSPS) is 17.6. The number of aliphatic hydroxyl groups excluding tert-OH is 1. The fraction of sp³-hybridized carbons (Fsp3) is 0.625.